The third kappa shape index (κ3) is 5.03. The van der Waals surface area contributed by atoms with Crippen LogP contribution >= 0.6 is 0 Å². The molecule has 3 aromatic carbocycles. The molecule has 35 heavy (non-hydrogen) atoms. The van der Waals surface area contributed by atoms with Crippen LogP contribution in [0.25, 0.3) is 10.8 Å². The van der Waals surface area contributed by atoms with Crippen molar-refractivity contribution in [2.45, 2.75) is 51.2 Å². The zero-order chi connectivity index (χ0) is 24.2. The predicted octanol–water partition coefficient (Wildman–Crippen LogP) is 4.45. The van der Waals surface area contributed by atoms with Crippen molar-refractivity contribution in [2.24, 2.45) is 0 Å². The third-order valence-corrected chi connectivity index (χ3v) is 7.36. The molecule has 6 nitrogen and oxygen atoms in total. The van der Waals surface area contributed by atoms with Gasteiger partial charge in [-0.05, 0) is 61.4 Å². The van der Waals surface area contributed by atoms with E-state index in [1.165, 1.54) is 24.8 Å². The van der Waals surface area contributed by atoms with Gasteiger partial charge in [0.2, 0.25) is 5.91 Å². The van der Waals surface area contributed by atoms with E-state index in [0.29, 0.717) is 24.9 Å². The molecule has 2 aliphatic rings. The van der Waals surface area contributed by atoms with Crippen LogP contribution in [0.15, 0.2) is 60.7 Å². The lowest BCUT2D eigenvalue weighted by Crippen LogP contribution is -2.45. The van der Waals surface area contributed by atoms with Crippen LogP contribution in [0.1, 0.15) is 53.6 Å². The van der Waals surface area contributed by atoms with Crippen molar-refractivity contribution in [3.05, 3.63) is 77.4 Å². The highest BCUT2D eigenvalue weighted by atomic mass is 16.3. The van der Waals surface area contributed by atoms with Gasteiger partial charge in [0.1, 0.15) is 11.8 Å². The summed E-state index contributed by atoms with van der Waals surface area (Å²) in [6.45, 7) is 4.11. The van der Waals surface area contributed by atoms with Crippen molar-refractivity contribution in [1.82, 2.24) is 15.1 Å². The molecule has 2 aliphatic heterocycles. The molecule has 5 rings (SSSR count). The summed E-state index contributed by atoms with van der Waals surface area (Å²) >= 11 is 0. The van der Waals surface area contributed by atoms with E-state index in [4.69, 9.17) is 0 Å². The van der Waals surface area contributed by atoms with Crippen molar-refractivity contribution in [2.75, 3.05) is 19.6 Å². The van der Waals surface area contributed by atoms with E-state index < -0.39 is 6.04 Å². The number of hydrogen-bond donors (Lipinski definition) is 2. The molecule has 2 amide bonds. The smallest absolute Gasteiger partial charge is 0.258 e. The molecule has 0 spiro atoms. The van der Waals surface area contributed by atoms with Gasteiger partial charge in [-0.25, -0.2) is 0 Å². The number of aromatic hydroxyl groups is 1. The Balaban J connectivity index is 1.27. The van der Waals surface area contributed by atoms with Crippen molar-refractivity contribution < 1.29 is 14.7 Å². The molecular formula is C29H33N3O3. The number of benzene rings is 3. The van der Waals surface area contributed by atoms with Gasteiger partial charge in [0.05, 0.1) is 5.56 Å². The number of nitrogens with one attached hydrogen (secondary N) is 1. The molecular weight excluding hydrogens is 438 g/mol. The van der Waals surface area contributed by atoms with Crippen molar-refractivity contribution in [3.63, 3.8) is 0 Å². The minimum atomic E-state index is -0.525. The molecule has 182 valence electrons. The highest BCUT2D eigenvalue weighted by Crippen LogP contribution is 2.31. The van der Waals surface area contributed by atoms with Crippen molar-refractivity contribution in [1.29, 1.82) is 0 Å². The fourth-order valence-electron chi connectivity index (χ4n) is 5.41. The van der Waals surface area contributed by atoms with Crippen LogP contribution < -0.4 is 5.32 Å². The van der Waals surface area contributed by atoms with Crippen LogP contribution in [0, 0.1) is 0 Å². The van der Waals surface area contributed by atoms with Gasteiger partial charge in [0.15, 0.2) is 0 Å². The summed E-state index contributed by atoms with van der Waals surface area (Å²) in [7, 11) is 0. The van der Waals surface area contributed by atoms with E-state index in [-0.39, 0.29) is 23.1 Å². The van der Waals surface area contributed by atoms with Gasteiger partial charge < -0.3 is 15.3 Å². The average Bonchev–Trinajstić information content (AvgIpc) is 3.39. The lowest BCUT2D eigenvalue weighted by atomic mass is 10.0. The second kappa shape index (κ2) is 10.5. The maximum atomic E-state index is 13.4. The molecule has 0 radical (unpaired) electrons. The minimum absolute atomic E-state index is 0.0224. The Morgan fingerprint density at radius 1 is 0.857 bits per heavy atom. The second-order valence-corrected chi connectivity index (χ2v) is 9.66. The van der Waals surface area contributed by atoms with E-state index in [1.54, 1.807) is 17.0 Å². The summed E-state index contributed by atoms with van der Waals surface area (Å²) in [6.07, 6.45) is 5.20. The third-order valence-electron chi connectivity index (χ3n) is 7.36. The van der Waals surface area contributed by atoms with Gasteiger partial charge in [-0.15, -0.1) is 0 Å². The Morgan fingerprint density at radius 2 is 1.60 bits per heavy atom. The Labute approximate surface area is 206 Å². The molecule has 1 unspecified atom stereocenters. The molecule has 2 fully saturated rings. The second-order valence-electron chi connectivity index (χ2n) is 9.66. The Kier molecular flexibility index (Phi) is 7.00. The Bertz CT molecular complexity index is 1220. The maximum Gasteiger partial charge on any atom is 0.258 e. The lowest BCUT2D eigenvalue weighted by molar-refractivity contribution is -0.125. The molecule has 2 heterocycles. The summed E-state index contributed by atoms with van der Waals surface area (Å²) in [5.41, 5.74) is 2.61. The van der Waals surface area contributed by atoms with Crippen LogP contribution in [0.2, 0.25) is 0 Å². The summed E-state index contributed by atoms with van der Waals surface area (Å²) in [5, 5.41) is 15.4. The maximum absolute atomic E-state index is 13.4. The first-order valence-corrected chi connectivity index (χ1v) is 12.7. The molecule has 2 saturated heterocycles. The molecule has 0 aliphatic carbocycles. The number of carbonyl (C=O) groups excluding carboxylic acids is 2. The summed E-state index contributed by atoms with van der Waals surface area (Å²) in [5.74, 6) is -0.453. The number of hydrogen-bond acceptors (Lipinski definition) is 4. The van der Waals surface area contributed by atoms with Crippen LogP contribution in [-0.4, -0.2) is 52.4 Å². The van der Waals surface area contributed by atoms with E-state index >= 15 is 0 Å². The fourth-order valence-corrected chi connectivity index (χ4v) is 5.41. The predicted molar refractivity (Wildman–Crippen MR) is 137 cm³/mol. The number of likely N-dealkylation sites (tertiary alicyclic amines) is 2. The number of nitrogens with zero attached hydrogens (tertiary/aromatic N) is 2. The van der Waals surface area contributed by atoms with E-state index in [2.05, 4.69) is 28.4 Å². The normalized spacial score (nSPS) is 18.6. The van der Waals surface area contributed by atoms with E-state index in [9.17, 15) is 14.7 Å². The van der Waals surface area contributed by atoms with Crippen LogP contribution in [-0.2, 0) is 17.9 Å². The minimum Gasteiger partial charge on any atom is -0.506 e. The zero-order valence-corrected chi connectivity index (χ0v) is 20.1. The number of piperidine rings is 1. The number of phenols is 1. The monoisotopic (exact) mass is 471 g/mol. The summed E-state index contributed by atoms with van der Waals surface area (Å²) in [4.78, 5) is 30.6. The van der Waals surface area contributed by atoms with E-state index in [0.717, 1.165) is 37.0 Å². The molecule has 0 saturated carbocycles. The quantitative estimate of drug-likeness (QED) is 0.557. The van der Waals surface area contributed by atoms with E-state index in [1.807, 2.05) is 30.3 Å². The average molecular weight is 472 g/mol. The highest BCUT2D eigenvalue weighted by Gasteiger charge is 2.35. The van der Waals surface area contributed by atoms with Crippen LogP contribution in [0.4, 0.5) is 0 Å². The molecule has 0 bridgehead atoms. The number of rotatable bonds is 6. The van der Waals surface area contributed by atoms with Gasteiger partial charge in [0, 0.05) is 25.0 Å². The first-order valence-electron chi connectivity index (χ1n) is 12.7. The molecule has 3 aromatic rings. The first-order chi connectivity index (χ1) is 17.1. The van der Waals surface area contributed by atoms with Crippen LogP contribution in [0.3, 0.4) is 0 Å². The lowest BCUT2D eigenvalue weighted by Gasteiger charge is -2.27. The molecule has 0 aromatic heterocycles. The largest absolute Gasteiger partial charge is 0.506 e. The topological polar surface area (TPSA) is 72.9 Å². The van der Waals surface area contributed by atoms with Crippen LogP contribution in [0.5, 0.6) is 5.75 Å². The number of carbonyl (C=O) groups is 2. The summed E-state index contributed by atoms with van der Waals surface area (Å²) < 4.78 is 0. The van der Waals surface area contributed by atoms with Gasteiger partial charge in [0.25, 0.3) is 5.91 Å². The van der Waals surface area contributed by atoms with Crippen molar-refractivity contribution in [3.8, 4) is 5.75 Å². The Morgan fingerprint density at radius 3 is 2.43 bits per heavy atom. The Hall–Kier alpha value is -3.38. The number of amides is 2. The molecule has 2 N–H and O–H groups in total. The van der Waals surface area contributed by atoms with Gasteiger partial charge in [-0.3, -0.25) is 14.5 Å². The van der Waals surface area contributed by atoms with Gasteiger partial charge >= 0.3 is 0 Å². The van der Waals surface area contributed by atoms with Crippen molar-refractivity contribution >= 4 is 22.6 Å². The standard InChI is InChI=1S/C29H33N3O3/c33-27-24-12-5-4-9-21(24)14-15-25(27)29(35)32-18-8-13-26(32)28(34)30-19-22-10-2-3-11-23(22)20-31-16-6-1-7-17-31/h2-5,9-12,14-15,26,33H,1,6-8,13,16-20H2,(H,30,34). The SMILES string of the molecule is O=C(NCc1ccccc1CN1CCCCC1)C1CCCN1C(=O)c1ccc2ccccc2c1O. The number of phenolic OH excluding ortho intramolecular Hbond substituents is 1. The zero-order valence-electron chi connectivity index (χ0n) is 20.1. The first kappa shape index (κ1) is 23.4. The molecule has 6 heteroatoms. The van der Waals surface area contributed by atoms with Gasteiger partial charge in [-0.1, -0.05) is 61.0 Å². The highest BCUT2D eigenvalue weighted by molar-refractivity contribution is 6.05. The summed E-state index contributed by atoms with van der Waals surface area (Å²) in [6, 6.07) is 18.7. The van der Waals surface area contributed by atoms with Gasteiger partial charge in [-0.2, -0.15) is 0 Å². The fraction of sp³-hybridized carbons (Fsp3) is 0.379. The molecule has 1 atom stereocenters. The number of fused-ring (bicyclic) bond motifs is 1.